The molecule has 4 N–H and O–H groups in total. The summed E-state index contributed by atoms with van der Waals surface area (Å²) < 4.78 is 42.7. The lowest BCUT2D eigenvalue weighted by Gasteiger charge is -2.39. The number of sulfonamides is 1. The number of hydrogen-bond acceptors (Lipinski definition) is 8. The number of nitrogens with zero attached hydrogens (tertiary/aromatic N) is 1. The summed E-state index contributed by atoms with van der Waals surface area (Å²) in [7, 11) is -1.97. The quantitative estimate of drug-likeness (QED) is 0.0726. The molecule has 7 rings (SSSR count). The molecule has 322 valence electrons. The molecule has 11 heteroatoms. The van der Waals surface area contributed by atoms with Crippen LogP contribution >= 0.6 is 0 Å². The second-order valence-corrected chi connectivity index (χ2v) is 17.8. The van der Waals surface area contributed by atoms with Crippen LogP contribution in [-0.2, 0) is 43.9 Å². The van der Waals surface area contributed by atoms with Crippen molar-refractivity contribution in [3.8, 4) is 11.1 Å². The maximum atomic E-state index is 13.7. The van der Waals surface area contributed by atoms with Gasteiger partial charge < -0.3 is 25.0 Å². The van der Waals surface area contributed by atoms with E-state index in [4.69, 9.17) is 9.47 Å². The number of aryl methyl sites for hydroxylation is 1. The van der Waals surface area contributed by atoms with Crippen LogP contribution in [0, 0.1) is 6.92 Å². The molecule has 0 aromatic heterocycles. The Morgan fingerprint density at radius 3 is 2.08 bits per heavy atom. The van der Waals surface area contributed by atoms with Crippen molar-refractivity contribution in [2.45, 2.75) is 81.4 Å². The molecule has 6 atom stereocenters. The fourth-order valence-electron chi connectivity index (χ4n) is 7.71. The van der Waals surface area contributed by atoms with E-state index in [0.717, 1.165) is 50.1 Å². The molecule has 10 nitrogen and oxygen atoms in total. The van der Waals surface area contributed by atoms with Gasteiger partial charge in [0.25, 0.3) is 0 Å². The number of nitrogens with one attached hydrogen (secondary N) is 2. The number of amides is 1. The first-order chi connectivity index (χ1) is 29.9. The van der Waals surface area contributed by atoms with E-state index in [1.165, 1.54) is 12.1 Å². The first kappa shape index (κ1) is 44.6. The molecule has 6 aromatic carbocycles. The number of carbonyl (C=O) groups is 1. The number of benzene rings is 6. The number of carbonyl (C=O) groups excluding carboxylic acids is 1. The van der Waals surface area contributed by atoms with Crippen LogP contribution in [0.4, 0.5) is 0 Å². The van der Waals surface area contributed by atoms with E-state index in [1.807, 2.05) is 154 Å². The molecular weight excluding hydrogens is 799 g/mol. The molecule has 1 heterocycles. The van der Waals surface area contributed by atoms with Crippen molar-refractivity contribution in [3.05, 3.63) is 197 Å². The predicted octanol–water partition coefficient (Wildman–Crippen LogP) is 7.96. The molecule has 0 saturated carbocycles. The molecule has 0 radical (unpaired) electrons. The zero-order valence-corrected chi connectivity index (χ0v) is 36.1. The van der Waals surface area contributed by atoms with Gasteiger partial charge in [-0.2, -0.15) is 4.72 Å². The third-order valence-corrected chi connectivity index (χ3v) is 13.0. The Balaban J connectivity index is 1.04. The molecule has 62 heavy (non-hydrogen) atoms. The van der Waals surface area contributed by atoms with E-state index in [9.17, 15) is 23.4 Å². The average Bonchev–Trinajstić information content (AvgIpc) is 3.30. The highest BCUT2D eigenvalue weighted by Gasteiger charge is 2.34. The molecule has 0 unspecified atom stereocenters. The van der Waals surface area contributed by atoms with Gasteiger partial charge in [0.15, 0.2) is 6.29 Å². The topological polar surface area (TPSA) is 137 Å². The minimum atomic E-state index is -3.97. The summed E-state index contributed by atoms with van der Waals surface area (Å²) >= 11 is 0. The third kappa shape index (κ3) is 11.5. The van der Waals surface area contributed by atoms with Gasteiger partial charge in [0.05, 0.1) is 29.8 Å². The SMILES string of the molecule is Cc1ccc(S(=O)(=O)N[C@H](Cc2ccccc2)C(=O)NCc2cccc(-c3ccc([C@@H]4O[C@H](CN(C)[C@H](C)[C@@H](O)c5ccccc5)C[C@H](c5ccc(CO)cc5)O4)cc3)c2)cc1. The number of aliphatic hydroxyl groups is 2. The first-order valence-corrected chi connectivity index (χ1v) is 22.5. The second kappa shape index (κ2) is 20.6. The molecule has 1 aliphatic rings. The van der Waals surface area contributed by atoms with Gasteiger partial charge >= 0.3 is 0 Å². The molecule has 1 fully saturated rings. The molecule has 1 saturated heterocycles. The Hall–Kier alpha value is -5.50. The summed E-state index contributed by atoms with van der Waals surface area (Å²) in [4.78, 5) is 15.9. The Bertz CT molecular complexity index is 2470. The number of ether oxygens (including phenoxy) is 2. The van der Waals surface area contributed by atoms with E-state index >= 15 is 0 Å². The van der Waals surface area contributed by atoms with E-state index in [-0.39, 0.29) is 42.7 Å². The van der Waals surface area contributed by atoms with Crippen molar-refractivity contribution in [1.82, 2.24) is 14.9 Å². The first-order valence-electron chi connectivity index (χ1n) is 21.0. The third-order valence-electron chi connectivity index (χ3n) is 11.5. The number of hydrogen-bond donors (Lipinski definition) is 4. The fraction of sp³-hybridized carbons (Fsp3) is 0.275. The van der Waals surface area contributed by atoms with Crippen molar-refractivity contribution >= 4 is 15.9 Å². The van der Waals surface area contributed by atoms with E-state index in [0.29, 0.717) is 13.0 Å². The van der Waals surface area contributed by atoms with Crippen LogP contribution in [0.3, 0.4) is 0 Å². The summed E-state index contributed by atoms with van der Waals surface area (Å²) in [6.07, 6.45) is -0.983. The van der Waals surface area contributed by atoms with Gasteiger partial charge in [-0.15, -0.1) is 0 Å². The molecule has 1 aliphatic heterocycles. The zero-order chi connectivity index (χ0) is 43.6. The Labute approximate surface area is 365 Å². The summed E-state index contributed by atoms with van der Waals surface area (Å²) in [5, 5.41) is 23.8. The standard InChI is InChI=1S/C51H55N3O7S/c1-35-17-27-46(28-18-35)62(58,59)53-47(30-37-11-6-4-7-12-37)50(57)52-32-39-13-10-16-44(29-39)40-23-25-43(26-24-40)51-60-45(31-48(61-51)41-21-19-38(34-55)20-22-41)33-54(3)36(2)49(56)42-14-8-5-9-15-42/h4-29,36,45,47-49,51,53,55-56H,30-34H2,1-3H3,(H,52,57)/t36-,45+,47-,48-,49-,51-/m1/s1. The van der Waals surface area contributed by atoms with Crippen molar-refractivity contribution in [2.75, 3.05) is 13.6 Å². The molecule has 0 spiro atoms. The lowest BCUT2D eigenvalue weighted by Crippen LogP contribution is -2.47. The molecule has 0 bridgehead atoms. The maximum absolute atomic E-state index is 13.7. The van der Waals surface area contributed by atoms with Gasteiger partial charge in [0.1, 0.15) is 6.04 Å². The fourth-order valence-corrected chi connectivity index (χ4v) is 8.90. The summed E-state index contributed by atoms with van der Waals surface area (Å²) in [5.41, 5.74) is 8.07. The van der Waals surface area contributed by atoms with Crippen molar-refractivity contribution in [1.29, 1.82) is 0 Å². The number of rotatable bonds is 17. The Morgan fingerprint density at radius 1 is 0.758 bits per heavy atom. The largest absolute Gasteiger partial charge is 0.392 e. The Kier molecular flexibility index (Phi) is 14.8. The van der Waals surface area contributed by atoms with Crippen LogP contribution in [0.2, 0.25) is 0 Å². The van der Waals surface area contributed by atoms with Crippen LogP contribution in [0.25, 0.3) is 11.1 Å². The summed E-state index contributed by atoms with van der Waals surface area (Å²) in [6.45, 7) is 4.63. The van der Waals surface area contributed by atoms with Crippen molar-refractivity contribution < 1.29 is 32.9 Å². The monoisotopic (exact) mass is 853 g/mol. The van der Waals surface area contributed by atoms with Gasteiger partial charge in [-0.3, -0.25) is 9.69 Å². The van der Waals surface area contributed by atoms with Crippen LogP contribution in [0.1, 0.15) is 70.8 Å². The predicted molar refractivity (Wildman–Crippen MR) is 241 cm³/mol. The average molecular weight is 854 g/mol. The van der Waals surface area contributed by atoms with Crippen LogP contribution < -0.4 is 10.0 Å². The minimum absolute atomic E-state index is 0.0371. The van der Waals surface area contributed by atoms with Crippen molar-refractivity contribution in [2.24, 2.45) is 0 Å². The molecule has 6 aromatic rings. The number of aliphatic hydroxyl groups excluding tert-OH is 2. The van der Waals surface area contributed by atoms with E-state index in [1.54, 1.807) is 12.1 Å². The smallest absolute Gasteiger partial charge is 0.241 e. The van der Waals surface area contributed by atoms with E-state index < -0.39 is 34.4 Å². The van der Waals surface area contributed by atoms with Gasteiger partial charge in [-0.25, -0.2) is 8.42 Å². The van der Waals surface area contributed by atoms with Crippen LogP contribution in [0.5, 0.6) is 0 Å². The van der Waals surface area contributed by atoms with Gasteiger partial charge in [-0.1, -0.05) is 145 Å². The second-order valence-electron chi connectivity index (χ2n) is 16.1. The zero-order valence-electron chi connectivity index (χ0n) is 35.3. The minimum Gasteiger partial charge on any atom is -0.392 e. The highest BCUT2D eigenvalue weighted by Crippen LogP contribution is 2.39. The highest BCUT2D eigenvalue weighted by atomic mass is 32.2. The summed E-state index contributed by atoms with van der Waals surface area (Å²) in [6, 6.07) is 48.1. The lowest BCUT2D eigenvalue weighted by molar-refractivity contribution is -0.253. The van der Waals surface area contributed by atoms with E-state index in [2.05, 4.69) is 14.9 Å². The maximum Gasteiger partial charge on any atom is 0.241 e. The summed E-state index contributed by atoms with van der Waals surface area (Å²) in [5.74, 6) is -0.430. The Morgan fingerprint density at radius 2 is 1.40 bits per heavy atom. The van der Waals surface area contributed by atoms with Gasteiger partial charge in [0.2, 0.25) is 15.9 Å². The molecule has 0 aliphatic carbocycles. The molecular formula is C51H55N3O7S. The highest BCUT2D eigenvalue weighted by molar-refractivity contribution is 7.89. The molecule has 1 amide bonds. The van der Waals surface area contributed by atoms with Gasteiger partial charge in [0, 0.05) is 31.1 Å². The lowest BCUT2D eigenvalue weighted by atomic mass is 9.98. The number of likely N-dealkylation sites (N-methyl/N-ethyl adjacent to an activating group) is 1. The van der Waals surface area contributed by atoms with Gasteiger partial charge in [-0.05, 0) is 84.5 Å². The van der Waals surface area contributed by atoms with Crippen molar-refractivity contribution in [3.63, 3.8) is 0 Å². The van der Waals surface area contributed by atoms with Crippen LogP contribution in [0.15, 0.2) is 163 Å². The normalized spacial score (nSPS) is 18.2. The van der Waals surface area contributed by atoms with Crippen LogP contribution in [-0.4, -0.2) is 61.2 Å².